The SMILES string of the molecule is CC(CC(=O)O)NS(=O)(=O)c1cccc(OCCCCNC2=NCCCC2)c1. The number of nitrogens with zero attached hydrogens (tertiary/aromatic N) is 1. The van der Waals surface area contributed by atoms with Crippen LogP contribution in [0.5, 0.6) is 5.75 Å². The van der Waals surface area contributed by atoms with Gasteiger partial charge in [-0.15, -0.1) is 0 Å². The molecule has 0 fully saturated rings. The Labute approximate surface area is 166 Å². The zero-order valence-corrected chi connectivity index (χ0v) is 17.0. The second-order valence-electron chi connectivity index (χ2n) is 6.86. The lowest BCUT2D eigenvalue weighted by Gasteiger charge is -2.14. The molecule has 0 saturated heterocycles. The molecule has 1 atom stereocenters. The Kier molecular flexibility index (Phi) is 8.72. The van der Waals surface area contributed by atoms with Gasteiger partial charge in [-0.05, 0) is 44.7 Å². The summed E-state index contributed by atoms with van der Waals surface area (Å²) in [5, 5.41) is 12.1. The molecule has 1 heterocycles. The van der Waals surface area contributed by atoms with E-state index in [1.54, 1.807) is 12.1 Å². The summed E-state index contributed by atoms with van der Waals surface area (Å²) >= 11 is 0. The lowest BCUT2D eigenvalue weighted by Crippen LogP contribution is -2.34. The first kappa shape index (κ1) is 22.2. The summed E-state index contributed by atoms with van der Waals surface area (Å²) in [7, 11) is -3.80. The minimum atomic E-state index is -3.80. The lowest BCUT2D eigenvalue weighted by molar-refractivity contribution is -0.137. The molecule has 8 nitrogen and oxygen atoms in total. The van der Waals surface area contributed by atoms with E-state index in [0.29, 0.717) is 12.4 Å². The lowest BCUT2D eigenvalue weighted by atomic mass is 10.2. The van der Waals surface area contributed by atoms with E-state index >= 15 is 0 Å². The van der Waals surface area contributed by atoms with E-state index in [4.69, 9.17) is 9.84 Å². The maximum atomic E-state index is 12.4. The zero-order chi connectivity index (χ0) is 20.4. The number of ether oxygens (including phenoxy) is 1. The molecule has 0 aliphatic carbocycles. The van der Waals surface area contributed by atoms with Crippen LogP contribution in [-0.2, 0) is 14.8 Å². The normalized spacial score (nSPS) is 15.5. The summed E-state index contributed by atoms with van der Waals surface area (Å²) in [4.78, 5) is 15.2. The molecule has 1 aliphatic rings. The highest BCUT2D eigenvalue weighted by Gasteiger charge is 2.19. The van der Waals surface area contributed by atoms with Crippen LogP contribution in [0.25, 0.3) is 0 Å². The van der Waals surface area contributed by atoms with E-state index in [2.05, 4.69) is 15.0 Å². The molecule has 2 rings (SSSR count). The smallest absolute Gasteiger partial charge is 0.304 e. The Balaban J connectivity index is 1.76. The molecule has 28 heavy (non-hydrogen) atoms. The van der Waals surface area contributed by atoms with Crippen molar-refractivity contribution in [2.24, 2.45) is 4.99 Å². The third-order valence-electron chi connectivity index (χ3n) is 4.25. The van der Waals surface area contributed by atoms with Crippen molar-refractivity contribution in [3.63, 3.8) is 0 Å². The third-order valence-corrected chi connectivity index (χ3v) is 5.83. The second kappa shape index (κ2) is 11.0. The molecule has 1 aromatic carbocycles. The number of hydrogen-bond acceptors (Lipinski definition) is 6. The number of carboxylic acid groups (broad SMARTS) is 1. The van der Waals surface area contributed by atoms with Gasteiger partial charge < -0.3 is 15.2 Å². The van der Waals surface area contributed by atoms with Gasteiger partial charge in [-0.3, -0.25) is 9.79 Å². The molecular weight excluding hydrogens is 382 g/mol. The molecule has 0 aromatic heterocycles. The first-order chi connectivity index (χ1) is 13.4. The van der Waals surface area contributed by atoms with Crippen molar-refractivity contribution in [2.75, 3.05) is 19.7 Å². The summed E-state index contributed by atoms with van der Waals surface area (Å²) in [5.74, 6) is 0.505. The molecule has 3 N–H and O–H groups in total. The molecule has 156 valence electrons. The number of nitrogens with one attached hydrogen (secondary N) is 2. The maximum absolute atomic E-state index is 12.4. The molecular formula is C19H29N3O5S. The van der Waals surface area contributed by atoms with Crippen LogP contribution in [0.2, 0.25) is 0 Å². The number of aliphatic imine (C=N–C) groups is 1. The Morgan fingerprint density at radius 1 is 1.32 bits per heavy atom. The summed E-state index contributed by atoms with van der Waals surface area (Å²) in [5.41, 5.74) is 0. The van der Waals surface area contributed by atoms with Crippen LogP contribution in [0.4, 0.5) is 0 Å². The highest BCUT2D eigenvalue weighted by molar-refractivity contribution is 7.89. The Bertz CT molecular complexity index is 780. The largest absolute Gasteiger partial charge is 0.494 e. The maximum Gasteiger partial charge on any atom is 0.304 e. The summed E-state index contributed by atoms with van der Waals surface area (Å²) < 4.78 is 32.7. The van der Waals surface area contributed by atoms with Gasteiger partial charge in [0.05, 0.1) is 23.8 Å². The van der Waals surface area contributed by atoms with Gasteiger partial charge in [0.2, 0.25) is 10.0 Å². The van der Waals surface area contributed by atoms with Crippen LogP contribution in [0.3, 0.4) is 0 Å². The van der Waals surface area contributed by atoms with Crippen molar-refractivity contribution < 1.29 is 23.1 Å². The number of amidine groups is 1. The Morgan fingerprint density at radius 2 is 2.14 bits per heavy atom. The standard InChI is InChI=1S/C19H29N3O5S/c1-15(13-19(23)24)22-28(25,26)17-8-6-7-16(14-17)27-12-5-4-11-21-18-9-2-3-10-20-18/h6-8,14-15,22H,2-5,9-13H2,1H3,(H,20,21)(H,23,24). The molecule has 9 heteroatoms. The van der Waals surface area contributed by atoms with E-state index < -0.39 is 22.0 Å². The van der Waals surface area contributed by atoms with Crippen molar-refractivity contribution in [1.82, 2.24) is 10.0 Å². The highest BCUT2D eigenvalue weighted by atomic mass is 32.2. The topological polar surface area (TPSA) is 117 Å². The van der Waals surface area contributed by atoms with Crippen LogP contribution in [0.15, 0.2) is 34.2 Å². The van der Waals surface area contributed by atoms with Gasteiger partial charge in [0.1, 0.15) is 5.75 Å². The van der Waals surface area contributed by atoms with Crippen molar-refractivity contribution in [3.05, 3.63) is 24.3 Å². The van der Waals surface area contributed by atoms with Crippen LogP contribution in [0, 0.1) is 0 Å². The van der Waals surface area contributed by atoms with Crippen molar-refractivity contribution in [1.29, 1.82) is 0 Å². The summed E-state index contributed by atoms with van der Waals surface area (Å²) in [6.45, 7) is 3.76. The van der Waals surface area contributed by atoms with Crippen molar-refractivity contribution in [2.45, 2.75) is 56.4 Å². The first-order valence-electron chi connectivity index (χ1n) is 9.61. The summed E-state index contributed by atoms with van der Waals surface area (Å²) in [6.07, 6.45) is 4.88. The Hall–Kier alpha value is -2.13. The number of rotatable bonds is 11. The molecule has 1 aromatic rings. The van der Waals surface area contributed by atoms with E-state index in [-0.39, 0.29) is 11.3 Å². The average molecular weight is 412 g/mol. The van der Waals surface area contributed by atoms with Gasteiger partial charge in [-0.2, -0.15) is 0 Å². The molecule has 0 radical (unpaired) electrons. The van der Waals surface area contributed by atoms with Crippen LogP contribution in [0.1, 0.15) is 45.4 Å². The number of benzene rings is 1. The predicted octanol–water partition coefficient (Wildman–Crippen LogP) is 2.16. The van der Waals surface area contributed by atoms with Gasteiger partial charge in [0.15, 0.2) is 0 Å². The minimum Gasteiger partial charge on any atom is -0.494 e. The number of sulfonamides is 1. The van der Waals surface area contributed by atoms with Gasteiger partial charge in [-0.1, -0.05) is 6.07 Å². The van der Waals surface area contributed by atoms with Gasteiger partial charge >= 0.3 is 5.97 Å². The molecule has 0 amide bonds. The molecule has 0 saturated carbocycles. The van der Waals surface area contributed by atoms with Crippen molar-refractivity contribution >= 4 is 21.8 Å². The van der Waals surface area contributed by atoms with Gasteiger partial charge in [0.25, 0.3) is 0 Å². The molecule has 0 bridgehead atoms. The fraction of sp³-hybridized carbons (Fsp3) is 0.579. The minimum absolute atomic E-state index is 0.0548. The van der Waals surface area contributed by atoms with E-state index in [0.717, 1.165) is 38.2 Å². The van der Waals surface area contributed by atoms with E-state index in [1.165, 1.54) is 31.9 Å². The predicted molar refractivity (Wildman–Crippen MR) is 107 cm³/mol. The highest BCUT2D eigenvalue weighted by Crippen LogP contribution is 2.18. The average Bonchev–Trinajstić information content (AvgIpc) is 2.64. The van der Waals surface area contributed by atoms with Crippen LogP contribution < -0.4 is 14.8 Å². The third kappa shape index (κ3) is 7.85. The quantitative estimate of drug-likeness (QED) is 0.481. The fourth-order valence-corrected chi connectivity index (χ4v) is 4.14. The first-order valence-corrected chi connectivity index (χ1v) is 11.1. The Morgan fingerprint density at radius 3 is 2.86 bits per heavy atom. The van der Waals surface area contributed by atoms with Gasteiger partial charge in [0, 0.05) is 31.6 Å². The number of aliphatic carboxylic acids is 1. The monoisotopic (exact) mass is 411 g/mol. The second-order valence-corrected chi connectivity index (χ2v) is 8.58. The number of hydrogen-bond donors (Lipinski definition) is 3. The van der Waals surface area contributed by atoms with E-state index in [1.807, 2.05) is 0 Å². The summed E-state index contributed by atoms with van der Waals surface area (Å²) in [6, 6.07) is 5.51. The van der Waals surface area contributed by atoms with Crippen LogP contribution >= 0.6 is 0 Å². The number of unbranched alkanes of at least 4 members (excludes halogenated alkanes) is 1. The number of carboxylic acids is 1. The van der Waals surface area contributed by atoms with E-state index in [9.17, 15) is 13.2 Å². The number of carbonyl (C=O) groups is 1. The fourth-order valence-electron chi connectivity index (χ4n) is 2.86. The molecule has 0 spiro atoms. The molecule has 1 aliphatic heterocycles. The van der Waals surface area contributed by atoms with Gasteiger partial charge in [-0.25, -0.2) is 13.1 Å². The zero-order valence-electron chi connectivity index (χ0n) is 16.2. The molecule has 1 unspecified atom stereocenters. The van der Waals surface area contributed by atoms with Crippen LogP contribution in [-0.4, -0.2) is 51.1 Å². The van der Waals surface area contributed by atoms with Crippen molar-refractivity contribution in [3.8, 4) is 5.75 Å².